The SMILES string of the molecule is C.CC(C)(C)OC(=O)N1CCC(C#N)(CCO[Si](C)(C)C(C)(C)C)CC1.CN1c2ccc(-c3cncc(Cl)c3N3CCC(C#N)(CCO)CC3)cc2CS1(=O)=O.Clc1cncc(Br)c1Cl.N#CC1(CCO)CCN(c2c(Cl)cncc2Br)CC1. The summed E-state index contributed by atoms with van der Waals surface area (Å²) in [6, 6.07) is 12.9. The number of pyridine rings is 3. The molecule has 460 valence electrons. The molecule has 0 saturated carbocycles. The van der Waals surface area contributed by atoms with E-state index in [-0.39, 0.29) is 42.9 Å². The third kappa shape index (κ3) is 18.8. The van der Waals surface area contributed by atoms with Gasteiger partial charge in [0.25, 0.3) is 0 Å². The second kappa shape index (κ2) is 30.7. The zero-order valence-corrected chi connectivity index (χ0v) is 56.7. The number of carbonyl (C=O) groups is 1. The molecule has 3 aromatic heterocycles. The van der Waals surface area contributed by atoms with Crippen LogP contribution >= 0.6 is 78.3 Å². The van der Waals surface area contributed by atoms with Crippen LogP contribution in [-0.4, -0.2) is 125 Å². The van der Waals surface area contributed by atoms with Crippen LogP contribution in [0, 0.1) is 50.2 Å². The van der Waals surface area contributed by atoms with E-state index in [1.807, 2.05) is 39.0 Å². The van der Waals surface area contributed by atoms with E-state index in [1.54, 1.807) is 42.9 Å². The third-order valence-corrected chi connectivity index (χ3v) is 25.2. The van der Waals surface area contributed by atoms with Gasteiger partial charge in [0.2, 0.25) is 10.0 Å². The summed E-state index contributed by atoms with van der Waals surface area (Å²) >= 11 is 30.6. The highest BCUT2D eigenvalue weighted by atomic mass is 79.9. The fourth-order valence-electron chi connectivity index (χ4n) is 9.84. The zero-order valence-electron chi connectivity index (χ0n) is 48.7. The fraction of sp³-hybridized carbons (Fsp3) is 0.576. The highest BCUT2D eigenvalue weighted by Crippen LogP contribution is 2.45. The number of aliphatic hydroxyl groups is 2. The van der Waals surface area contributed by atoms with Crippen molar-refractivity contribution >= 4 is 120 Å². The number of hydrogen-bond donors (Lipinski definition) is 2. The van der Waals surface area contributed by atoms with Crippen molar-refractivity contribution in [2.24, 2.45) is 16.2 Å². The Balaban J connectivity index is 0.000000254. The quantitative estimate of drug-likeness (QED) is 0.133. The first kappa shape index (κ1) is 72.5. The number of likely N-dealkylation sites (tertiary alicyclic amines) is 1. The Labute approximate surface area is 536 Å². The Morgan fingerprint density at radius 2 is 1.15 bits per heavy atom. The summed E-state index contributed by atoms with van der Waals surface area (Å²) in [6.07, 6.45) is 15.4. The Morgan fingerprint density at radius 3 is 1.61 bits per heavy atom. The largest absolute Gasteiger partial charge is 0.444 e. The lowest BCUT2D eigenvalue weighted by Crippen LogP contribution is -2.46. The van der Waals surface area contributed by atoms with Crippen LogP contribution < -0.4 is 14.1 Å². The first-order chi connectivity index (χ1) is 38.8. The van der Waals surface area contributed by atoms with Crippen LogP contribution in [0.4, 0.5) is 21.9 Å². The number of benzene rings is 1. The molecule has 4 aliphatic heterocycles. The van der Waals surface area contributed by atoms with Crippen LogP contribution in [-0.2, 0) is 24.9 Å². The topological polar surface area (TPSA) is 233 Å². The monoisotopic (exact) mass is 1400 g/mol. The summed E-state index contributed by atoms with van der Waals surface area (Å²) in [5.74, 6) is -0.0223. The Kier molecular flexibility index (Phi) is 26.5. The molecule has 1 aromatic carbocycles. The number of aliphatic hydroxyl groups excluding tert-OH is 2. The van der Waals surface area contributed by atoms with E-state index in [0.29, 0.717) is 97.1 Å². The molecule has 4 aromatic rings. The molecule has 0 radical (unpaired) electrons. The van der Waals surface area contributed by atoms with Crippen molar-refractivity contribution in [3.8, 4) is 29.3 Å². The van der Waals surface area contributed by atoms with Crippen LogP contribution in [0.5, 0.6) is 0 Å². The molecule has 3 saturated heterocycles. The molecule has 0 spiro atoms. The van der Waals surface area contributed by atoms with Gasteiger partial charge in [0.15, 0.2) is 8.32 Å². The van der Waals surface area contributed by atoms with Crippen LogP contribution in [0.25, 0.3) is 11.1 Å². The average Bonchev–Trinajstić information content (AvgIpc) is 2.07. The number of anilines is 3. The smallest absolute Gasteiger partial charge is 0.410 e. The van der Waals surface area contributed by atoms with E-state index in [1.165, 1.54) is 10.5 Å². The molecule has 17 nitrogen and oxygen atoms in total. The van der Waals surface area contributed by atoms with Gasteiger partial charge in [-0.3, -0.25) is 19.3 Å². The molecule has 8 rings (SSSR count). The predicted octanol–water partition coefficient (Wildman–Crippen LogP) is 14.9. The number of hydrogen-bond acceptors (Lipinski definition) is 15. The predicted molar refractivity (Wildman–Crippen MR) is 347 cm³/mol. The lowest BCUT2D eigenvalue weighted by Gasteiger charge is -2.40. The summed E-state index contributed by atoms with van der Waals surface area (Å²) in [4.78, 5) is 30.3. The fourth-order valence-corrected chi connectivity index (χ4v) is 14.1. The number of rotatable bonds is 11. The number of sulfonamides is 1. The summed E-state index contributed by atoms with van der Waals surface area (Å²) in [5, 5.41) is 49.3. The molecule has 0 unspecified atom stereocenters. The summed E-state index contributed by atoms with van der Waals surface area (Å²) in [6.45, 7) is 21.4. The molecule has 0 atom stereocenters. The van der Waals surface area contributed by atoms with Gasteiger partial charge in [-0.05, 0) is 152 Å². The van der Waals surface area contributed by atoms with Gasteiger partial charge in [-0.2, -0.15) is 15.8 Å². The van der Waals surface area contributed by atoms with Gasteiger partial charge >= 0.3 is 6.09 Å². The normalized spacial score (nSPS) is 17.6. The number of amides is 1. The second-order valence-electron chi connectivity index (χ2n) is 23.9. The number of fused-ring (bicyclic) bond motifs is 1. The molecule has 2 N–H and O–H groups in total. The van der Waals surface area contributed by atoms with E-state index in [2.05, 4.69) is 109 Å². The summed E-state index contributed by atoms with van der Waals surface area (Å²) in [5.41, 5.74) is 3.15. The average molecular weight is 1400 g/mol. The number of carbonyl (C=O) groups excluding carboxylic acids is 1. The Hall–Kier alpha value is -4.02. The standard InChI is InChI=1S/C21H23ClN4O3S.C19H36N2O3Si.C13H15BrClN3O.C5H2BrCl2N.CH4/c1-25-19-3-2-15(10-16(19)13-30(25,28)29)17-11-24-12-18(22)20(17)26-7-4-21(14-23,5-8-26)6-9-27;1-17(2,3)24-16(22)21-12-9-19(15-20,10-13-21)11-14-23-25(7,8)18(4,5)6;14-10-7-17-8-11(15)12(10)18-4-1-13(9-16,2-5-18)3-6-19;6-3-1-9-2-4(7)5(3)8;/h2-3,10-12,27H,4-9,13H2,1H3;9-14H2,1-8H3;7-8,19H,1-6H2;1-2H;1H4. The zero-order chi connectivity index (χ0) is 61.8. The van der Waals surface area contributed by atoms with E-state index in [4.69, 9.17) is 60.7 Å². The molecule has 25 heteroatoms. The van der Waals surface area contributed by atoms with Gasteiger partial charge < -0.3 is 34.1 Å². The van der Waals surface area contributed by atoms with E-state index >= 15 is 0 Å². The van der Waals surface area contributed by atoms with Gasteiger partial charge in [0, 0.05) is 109 Å². The van der Waals surface area contributed by atoms with E-state index in [9.17, 15) is 34.1 Å². The van der Waals surface area contributed by atoms with Crippen LogP contribution in [0.15, 0.2) is 64.3 Å². The maximum atomic E-state index is 12.2. The number of nitrogens with zero attached hydrogens (tertiary/aromatic N) is 10. The molecule has 84 heavy (non-hydrogen) atoms. The molecule has 7 heterocycles. The van der Waals surface area contributed by atoms with Crippen molar-refractivity contribution < 1.29 is 32.6 Å². The van der Waals surface area contributed by atoms with Crippen molar-refractivity contribution in [1.82, 2.24) is 19.9 Å². The van der Waals surface area contributed by atoms with Crippen LogP contribution in [0.1, 0.15) is 112 Å². The lowest BCUT2D eigenvalue weighted by molar-refractivity contribution is 0.0133. The molecule has 0 bridgehead atoms. The first-order valence-corrected chi connectivity index (χ1v) is 35.0. The minimum atomic E-state index is -3.31. The van der Waals surface area contributed by atoms with Crippen molar-refractivity contribution in [3.05, 3.63) is 90.0 Å². The number of aromatic nitrogens is 3. The lowest BCUT2D eigenvalue weighted by atomic mass is 9.77. The number of ether oxygens (including phenoxy) is 1. The van der Waals surface area contributed by atoms with Crippen LogP contribution in [0.3, 0.4) is 0 Å². The second-order valence-corrected chi connectivity index (χ2v) is 34.0. The Bertz CT molecular complexity index is 3090. The molecule has 0 aliphatic carbocycles. The van der Waals surface area contributed by atoms with Crippen LogP contribution in [0.2, 0.25) is 38.2 Å². The molecular formula is C59H80Br2Cl4N10O7SSi. The van der Waals surface area contributed by atoms with E-state index < -0.39 is 34.8 Å². The molecule has 1 amide bonds. The molecule has 4 aliphatic rings. The molecule has 3 fully saturated rings. The third-order valence-electron chi connectivity index (χ3n) is 16.2. The number of piperidine rings is 3. The van der Waals surface area contributed by atoms with Crippen molar-refractivity contribution in [2.45, 2.75) is 136 Å². The van der Waals surface area contributed by atoms with Gasteiger partial charge in [0.05, 0.1) is 86.3 Å². The minimum Gasteiger partial charge on any atom is -0.444 e. The van der Waals surface area contributed by atoms with Gasteiger partial charge in [-0.1, -0.05) is 80.7 Å². The summed E-state index contributed by atoms with van der Waals surface area (Å²) in [7, 11) is -3.54. The van der Waals surface area contributed by atoms with Crippen molar-refractivity contribution in [3.63, 3.8) is 0 Å². The minimum absolute atomic E-state index is 0. The van der Waals surface area contributed by atoms with Crippen molar-refractivity contribution in [2.75, 3.05) is 80.2 Å². The Morgan fingerprint density at radius 1 is 0.702 bits per heavy atom. The number of halogens is 6. The first-order valence-electron chi connectivity index (χ1n) is 27.4. The maximum absolute atomic E-state index is 12.2. The maximum Gasteiger partial charge on any atom is 0.410 e. The van der Waals surface area contributed by atoms with Gasteiger partial charge in [-0.25, -0.2) is 13.2 Å². The van der Waals surface area contributed by atoms with E-state index in [0.717, 1.165) is 69.4 Å². The van der Waals surface area contributed by atoms with Gasteiger partial charge in [0.1, 0.15) is 5.60 Å². The highest BCUT2D eigenvalue weighted by molar-refractivity contribution is 9.11. The summed E-state index contributed by atoms with van der Waals surface area (Å²) < 4.78 is 39.0. The number of nitriles is 3. The molecular weight excluding hydrogens is 1320 g/mol. The van der Waals surface area contributed by atoms with Crippen molar-refractivity contribution in [1.29, 1.82) is 15.8 Å². The highest BCUT2D eigenvalue weighted by Gasteiger charge is 2.41. The van der Waals surface area contributed by atoms with Gasteiger partial charge in [-0.15, -0.1) is 0 Å².